The van der Waals surface area contributed by atoms with Crippen LogP contribution >= 0.6 is 17.2 Å². The van der Waals surface area contributed by atoms with Gasteiger partial charge in [-0.15, -0.1) is 0 Å². The molecule has 0 atom stereocenters. The van der Waals surface area contributed by atoms with Gasteiger partial charge in [0.2, 0.25) is 0 Å². The van der Waals surface area contributed by atoms with Crippen molar-refractivity contribution in [3.05, 3.63) is 72.8 Å². The van der Waals surface area contributed by atoms with E-state index in [1.807, 2.05) is 36.4 Å². The average molecular weight is 473 g/mol. The number of unbranched alkanes of at least 4 members (excludes halogenated alkanes) is 3. The molecular weight excluding hydrogens is 439 g/mol. The molecule has 3 aromatic rings. The van der Waals surface area contributed by atoms with Crippen LogP contribution in [0.2, 0.25) is 0 Å². The molecule has 0 unspecified atom stereocenters. The van der Waals surface area contributed by atoms with Gasteiger partial charge in [-0.05, 0) is 0 Å². The minimum atomic E-state index is -3.29. The topological polar surface area (TPSA) is 27.7 Å². The van der Waals surface area contributed by atoms with Crippen molar-refractivity contribution in [2.75, 3.05) is 27.5 Å². The van der Waals surface area contributed by atoms with Crippen LogP contribution < -0.4 is 30.1 Å². The van der Waals surface area contributed by atoms with Crippen LogP contribution in [0.1, 0.15) is 32.6 Å². The number of ether oxygens (including phenoxy) is 3. The Bertz CT molecular complexity index is 866. The van der Waals surface area contributed by atoms with Crippen LogP contribution in [0.15, 0.2) is 72.8 Å². The first kappa shape index (κ1) is 24.4. The molecule has 0 heterocycles. The molecule has 0 aliphatic rings. The monoisotopic (exact) mass is 472 g/mol. The van der Waals surface area contributed by atoms with Crippen molar-refractivity contribution < 1.29 is 14.2 Å². The number of hydrogen-bond acceptors (Lipinski definition) is 3. The molecule has 0 spiro atoms. The molecule has 5 heteroatoms. The first-order valence-corrected chi connectivity index (χ1v) is 14.5. The summed E-state index contributed by atoms with van der Waals surface area (Å²) in [6, 6.07) is 24.9. The summed E-state index contributed by atoms with van der Waals surface area (Å²) >= 11 is 8.15. The van der Waals surface area contributed by atoms with E-state index in [1.165, 1.54) is 12.8 Å². The van der Waals surface area contributed by atoms with E-state index >= 15 is 0 Å². The van der Waals surface area contributed by atoms with Gasteiger partial charge in [0.25, 0.3) is 0 Å². The fraction of sp³-hybridized carbons (Fsp3) is 0.333. The first-order chi connectivity index (χ1) is 15.5. The van der Waals surface area contributed by atoms with Gasteiger partial charge in [-0.2, -0.15) is 0 Å². The Morgan fingerprint density at radius 1 is 0.562 bits per heavy atom. The van der Waals surface area contributed by atoms with Crippen molar-refractivity contribution in [3.8, 4) is 17.2 Å². The van der Waals surface area contributed by atoms with Crippen molar-refractivity contribution in [2.45, 2.75) is 32.6 Å². The maximum atomic E-state index is 8.15. The average Bonchev–Trinajstić information content (AvgIpc) is 2.87. The molecule has 0 bridgehead atoms. The second kappa shape index (κ2) is 10.6. The Labute approximate surface area is 197 Å². The second-order valence-corrected chi connectivity index (χ2v) is 14.7. The van der Waals surface area contributed by atoms with E-state index in [0.717, 1.165) is 52.2 Å². The third kappa shape index (κ3) is 4.60. The van der Waals surface area contributed by atoms with Gasteiger partial charge in [-0.1, -0.05) is 0 Å². The molecule has 3 rings (SSSR count). The Kier molecular flexibility index (Phi) is 8.09. The van der Waals surface area contributed by atoms with Crippen LogP contribution in [-0.4, -0.2) is 27.5 Å². The molecule has 32 heavy (non-hydrogen) atoms. The Hall–Kier alpha value is -2.22. The summed E-state index contributed by atoms with van der Waals surface area (Å²) in [6.07, 6.45) is 5.49. The van der Waals surface area contributed by atoms with Gasteiger partial charge in [-0.3, -0.25) is 0 Å². The van der Waals surface area contributed by atoms with Crippen molar-refractivity contribution in [1.29, 1.82) is 0 Å². The molecule has 3 aromatic carbocycles. The van der Waals surface area contributed by atoms with Crippen LogP contribution in [0, 0.1) is 0 Å². The van der Waals surface area contributed by atoms with Gasteiger partial charge in [-0.25, -0.2) is 0 Å². The predicted molar refractivity (Wildman–Crippen MR) is 140 cm³/mol. The van der Waals surface area contributed by atoms with Gasteiger partial charge in [0.05, 0.1) is 0 Å². The fourth-order valence-corrected chi connectivity index (χ4v) is 10.5. The number of hydrogen-bond donors (Lipinski definition) is 0. The predicted octanol–water partition coefficient (Wildman–Crippen LogP) is 6.28. The molecule has 0 aliphatic heterocycles. The molecule has 0 aromatic heterocycles. The zero-order valence-corrected chi connectivity index (χ0v) is 21.2. The molecule has 3 nitrogen and oxygen atoms in total. The Morgan fingerprint density at radius 3 is 1.19 bits per heavy atom. The summed E-state index contributed by atoms with van der Waals surface area (Å²) in [5.74, 6) is -0.818. The van der Waals surface area contributed by atoms with E-state index in [2.05, 4.69) is 43.3 Å². The third-order valence-electron chi connectivity index (χ3n) is 6.26. The molecule has 172 valence electrons. The van der Waals surface area contributed by atoms with E-state index in [-0.39, 0.29) is 0 Å². The minimum absolute atomic E-state index is 0.825. The van der Waals surface area contributed by atoms with E-state index in [0.29, 0.717) is 0 Å². The van der Waals surface area contributed by atoms with E-state index in [9.17, 15) is 0 Å². The number of rotatable bonds is 11. The summed E-state index contributed by atoms with van der Waals surface area (Å²) in [5.41, 5.74) is 0. The molecule has 0 N–H and O–H groups in total. The van der Waals surface area contributed by atoms with Crippen molar-refractivity contribution >= 4 is 33.1 Å². The Morgan fingerprint density at radius 2 is 0.906 bits per heavy atom. The standard InChI is InChI=1S/C27H34ClO3P/c1-5-6-7-8-21-32(28,25-15-9-22(29-2)10-16-25,26-17-11-23(30-3)12-18-26)27-19-13-24(31-4)14-20-27/h9-20H,5-8,21H2,1-4H3. The van der Waals surface area contributed by atoms with Gasteiger partial charge in [0.1, 0.15) is 0 Å². The quantitative estimate of drug-likeness (QED) is 0.243. The summed E-state index contributed by atoms with van der Waals surface area (Å²) in [4.78, 5) is 0. The molecule has 0 radical (unpaired) electrons. The zero-order valence-electron chi connectivity index (χ0n) is 19.5. The molecule has 0 amide bonds. The molecular formula is C27H34ClO3P. The maximum absolute atomic E-state index is 8.15. The van der Waals surface area contributed by atoms with Crippen LogP contribution in [0.4, 0.5) is 0 Å². The second-order valence-electron chi connectivity index (χ2n) is 8.06. The first-order valence-electron chi connectivity index (χ1n) is 11.2. The summed E-state index contributed by atoms with van der Waals surface area (Å²) in [5, 5.41) is 3.43. The SMILES string of the molecule is CCCCCCP(Cl)(c1ccc(OC)cc1)(c1ccc(OC)cc1)c1ccc(OC)cc1. The van der Waals surface area contributed by atoms with Crippen molar-refractivity contribution in [1.82, 2.24) is 0 Å². The summed E-state index contributed by atoms with van der Waals surface area (Å²) < 4.78 is 16.3. The van der Waals surface area contributed by atoms with Crippen LogP contribution in [0.25, 0.3) is 0 Å². The van der Waals surface area contributed by atoms with Gasteiger partial charge >= 0.3 is 197 Å². The number of methoxy groups -OCH3 is 3. The number of benzene rings is 3. The summed E-state index contributed by atoms with van der Waals surface area (Å²) in [7, 11) is 5.06. The normalized spacial score (nSPS) is 12.6. The van der Waals surface area contributed by atoms with Gasteiger partial charge in [0.15, 0.2) is 0 Å². The van der Waals surface area contributed by atoms with Crippen molar-refractivity contribution in [2.24, 2.45) is 0 Å². The number of halogens is 1. The van der Waals surface area contributed by atoms with E-state index < -0.39 is 5.96 Å². The molecule has 0 aliphatic carbocycles. The van der Waals surface area contributed by atoms with Crippen LogP contribution in [-0.2, 0) is 0 Å². The third-order valence-corrected chi connectivity index (χ3v) is 13.8. The van der Waals surface area contributed by atoms with Crippen LogP contribution in [0.3, 0.4) is 0 Å². The van der Waals surface area contributed by atoms with Crippen LogP contribution in [0.5, 0.6) is 17.2 Å². The molecule has 0 saturated heterocycles. The zero-order chi connectivity index (χ0) is 23.1. The van der Waals surface area contributed by atoms with E-state index in [1.54, 1.807) is 21.3 Å². The van der Waals surface area contributed by atoms with Crippen molar-refractivity contribution in [3.63, 3.8) is 0 Å². The fourth-order valence-electron chi connectivity index (χ4n) is 4.35. The Balaban J connectivity index is 2.28. The summed E-state index contributed by atoms with van der Waals surface area (Å²) in [6.45, 7) is 2.23. The van der Waals surface area contributed by atoms with E-state index in [4.69, 9.17) is 25.5 Å². The van der Waals surface area contributed by atoms with Gasteiger partial charge < -0.3 is 0 Å². The van der Waals surface area contributed by atoms with Gasteiger partial charge in [0, 0.05) is 0 Å². The molecule has 0 saturated carbocycles. The molecule has 0 fully saturated rings.